The largest absolute Gasteiger partial charge is 0.497 e. The van der Waals surface area contributed by atoms with Crippen molar-refractivity contribution < 1.29 is 13.9 Å². The third-order valence-corrected chi connectivity index (χ3v) is 4.34. The van der Waals surface area contributed by atoms with Gasteiger partial charge in [-0.3, -0.25) is 0 Å². The molecule has 0 spiro atoms. The van der Waals surface area contributed by atoms with Gasteiger partial charge in [0.15, 0.2) is 5.65 Å². The van der Waals surface area contributed by atoms with E-state index in [2.05, 4.69) is 15.4 Å². The van der Waals surface area contributed by atoms with E-state index in [-0.39, 0.29) is 5.82 Å². The number of hydrogen-bond donors (Lipinski definition) is 1. The molecule has 7 heteroatoms. The Bertz CT molecular complexity index is 1130. The number of aromatic nitrogens is 3. The molecule has 2 aromatic heterocycles. The molecule has 0 bridgehead atoms. The average Bonchev–Trinajstić information content (AvgIpc) is 3.10. The first-order valence-electron chi connectivity index (χ1n) is 8.74. The quantitative estimate of drug-likeness (QED) is 0.546. The van der Waals surface area contributed by atoms with Gasteiger partial charge in [0.2, 0.25) is 5.88 Å². The normalized spacial score (nSPS) is 10.8. The van der Waals surface area contributed by atoms with Gasteiger partial charge in [-0.05, 0) is 42.0 Å². The predicted octanol–water partition coefficient (Wildman–Crippen LogP) is 4.16. The Balaban J connectivity index is 1.64. The fourth-order valence-electron chi connectivity index (χ4n) is 2.99. The molecule has 2 aromatic carbocycles. The van der Waals surface area contributed by atoms with Crippen molar-refractivity contribution in [3.05, 3.63) is 72.0 Å². The van der Waals surface area contributed by atoms with Crippen LogP contribution in [-0.4, -0.2) is 28.8 Å². The number of nitrogens with zero attached hydrogens (tertiary/aromatic N) is 3. The van der Waals surface area contributed by atoms with Crippen LogP contribution in [0.2, 0.25) is 0 Å². The van der Waals surface area contributed by atoms with E-state index in [0.717, 1.165) is 11.3 Å². The Kier molecular flexibility index (Phi) is 4.80. The summed E-state index contributed by atoms with van der Waals surface area (Å²) >= 11 is 0. The van der Waals surface area contributed by atoms with E-state index in [1.807, 2.05) is 36.4 Å². The van der Waals surface area contributed by atoms with E-state index in [4.69, 9.17) is 9.47 Å². The maximum Gasteiger partial charge on any atom is 0.243 e. The van der Waals surface area contributed by atoms with Gasteiger partial charge in [0.1, 0.15) is 23.1 Å². The number of hydrogen-bond acceptors (Lipinski definition) is 5. The van der Waals surface area contributed by atoms with Crippen LogP contribution < -0.4 is 14.8 Å². The van der Waals surface area contributed by atoms with Crippen molar-refractivity contribution in [2.24, 2.45) is 0 Å². The number of imidazole rings is 1. The molecule has 2 heterocycles. The minimum absolute atomic E-state index is 0.329. The Morgan fingerprint density at radius 1 is 1.00 bits per heavy atom. The number of fused-ring (bicyclic) bond motifs is 1. The molecule has 4 rings (SSSR count). The first-order chi connectivity index (χ1) is 13.7. The maximum absolute atomic E-state index is 13.6. The highest BCUT2D eigenvalue weighted by Gasteiger charge is 2.16. The topological polar surface area (TPSA) is 60.7 Å². The summed E-state index contributed by atoms with van der Waals surface area (Å²) < 4.78 is 26.0. The van der Waals surface area contributed by atoms with Gasteiger partial charge in [-0.15, -0.1) is 5.10 Å². The van der Waals surface area contributed by atoms with Crippen LogP contribution in [0.15, 0.2) is 60.7 Å². The van der Waals surface area contributed by atoms with E-state index < -0.39 is 0 Å². The second-order valence-electron chi connectivity index (χ2n) is 6.17. The molecule has 0 fully saturated rings. The first-order valence-corrected chi connectivity index (χ1v) is 8.74. The van der Waals surface area contributed by atoms with Crippen LogP contribution in [-0.2, 0) is 6.54 Å². The molecule has 0 aliphatic heterocycles. The van der Waals surface area contributed by atoms with Gasteiger partial charge in [0.25, 0.3) is 0 Å². The zero-order valence-electron chi connectivity index (χ0n) is 15.5. The summed E-state index contributed by atoms with van der Waals surface area (Å²) in [6.45, 7) is 0.587. The highest BCUT2D eigenvalue weighted by atomic mass is 19.1. The van der Waals surface area contributed by atoms with Crippen LogP contribution >= 0.6 is 0 Å². The smallest absolute Gasteiger partial charge is 0.243 e. The molecule has 0 unspecified atom stereocenters. The van der Waals surface area contributed by atoms with Crippen molar-refractivity contribution in [1.29, 1.82) is 0 Å². The number of ether oxygens (including phenoxy) is 2. The predicted molar refractivity (Wildman–Crippen MR) is 105 cm³/mol. The van der Waals surface area contributed by atoms with Gasteiger partial charge in [-0.1, -0.05) is 24.3 Å². The number of nitrogens with one attached hydrogen (secondary N) is 1. The standard InChI is InChI=1S/C21H19FN4O2/c1-27-17-8-3-5-14(11-17)13-23-18-9-10-19-24-20(21(28-2)26(19)25-18)15-6-4-7-16(22)12-15/h3-12H,13H2,1-2H3,(H,23,25). The lowest BCUT2D eigenvalue weighted by Crippen LogP contribution is -2.05. The average molecular weight is 378 g/mol. The van der Waals surface area contributed by atoms with Gasteiger partial charge in [-0.25, -0.2) is 9.37 Å². The minimum atomic E-state index is -0.329. The van der Waals surface area contributed by atoms with Gasteiger partial charge < -0.3 is 14.8 Å². The SMILES string of the molecule is COc1cccc(CNc2ccc3nc(-c4cccc(F)c4)c(OC)n3n2)c1. The first kappa shape index (κ1) is 17.8. The summed E-state index contributed by atoms with van der Waals surface area (Å²) in [5.41, 5.74) is 2.86. The molecule has 0 amide bonds. The molecule has 0 saturated heterocycles. The molecule has 6 nitrogen and oxygen atoms in total. The molecule has 0 radical (unpaired) electrons. The van der Waals surface area contributed by atoms with E-state index in [1.54, 1.807) is 30.9 Å². The Labute approximate surface area is 161 Å². The van der Waals surface area contributed by atoms with Crippen molar-refractivity contribution in [3.63, 3.8) is 0 Å². The van der Waals surface area contributed by atoms with Crippen molar-refractivity contribution in [2.45, 2.75) is 6.54 Å². The van der Waals surface area contributed by atoms with Crippen molar-refractivity contribution in [3.8, 4) is 22.9 Å². The van der Waals surface area contributed by atoms with Crippen LogP contribution in [0, 0.1) is 5.82 Å². The number of methoxy groups -OCH3 is 2. The van der Waals surface area contributed by atoms with Gasteiger partial charge in [-0.2, -0.15) is 4.52 Å². The lowest BCUT2D eigenvalue weighted by molar-refractivity contribution is 0.389. The Morgan fingerprint density at radius 2 is 1.86 bits per heavy atom. The van der Waals surface area contributed by atoms with Crippen molar-refractivity contribution >= 4 is 11.5 Å². The van der Waals surface area contributed by atoms with E-state index >= 15 is 0 Å². The van der Waals surface area contributed by atoms with Gasteiger partial charge in [0, 0.05) is 12.1 Å². The summed E-state index contributed by atoms with van der Waals surface area (Å²) in [5.74, 6) is 1.59. The fraction of sp³-hybridized carbons (Fsp3) is 0.143. The number of rotatable bonds is 6. The minimum Gasteiger partial charge on any atom is -0.497 e. The number of halogens is 1. The third-order valence-electron chi connectivity index (χ3n) is 4.34. The zero-order valence-corrected chi connectivity index (χ0v) is 15.5. The molecular weight excluding hydrogens is 359 g/mol. The molecule has 1 N–H and O–H groups in total. The van der Waals surface area contributed by atoms with Gasteiger partial charge >= 0.3 is 0 Å². The molecule has 0 atom stereocenters. The van der Waals surface area contributed by atoms with E-state index in [1.165, 1.54) is 12.1 Å². The Morgan fingerprint density at radius 3 is 2.64 bits per heavy atom. The van der Waals surface area contributed by atoms with Crippen LogP contribution in [0.4, 0.5) is 10.2 Å². The lowest BCUT2D eigenvalue weighted by atomic mass is 10.1. The third kappa shape index (κ3) is 3.46. The highest BCUT2D eigenvalue weighted by Crippen LogP contribution is 2.30. The number of benzene rings is 2. The fourth-order valence-corrected chi connectivity index (χ4v) is 2.99. The van der Waals surface area contributed by atoms with Gasteiger partial charge in [0.05, 0.1) is 14.2 Å². The van der Waals surface area contributed by atoms with Crippen molar-refractivity contribution in [2.75, 3.05) is 19.5 Å². The summed E-state index contributed by atoms with van der Waals surface area (Å²) in [4.78, 5) is 4.54. The summed E-state index contributed by atoms with van der Waals surface area (Å²) in [6.07, 6.45) is 0. The summed E-state index contributed by atoms with van der Waals surface area (Å²) in [5, 5.41) is 7.85. The number of anilines is 1. The molecule has 0 saturated carbocycles. The molecule has 4 aromatic rings. The van der Waals surface area contributed by atoms with Crippen molar-refractivity contribution in [1.82, 2.24) is 14.6 Å². The molecule has 28 heavy (non-hydrogen) atoms. The second kappa shape index (κ2) is 7.56. The Hall–Kier alpha value is -3.61. The van der Waals surface area contributed by atoms with Crippen LogP contribution in [0.25, 0.3) is 16.9 Å². The summed E-state index contributed by atoms with van der Waals surface area (Å²) in [6, 6.07) is 17.7. The lowest BCUT2D eigenvalue weighted by Gasteiger charge is -2.08. The van der Waals surface area contributed by atoms with Crippen LogP contribution in [0.5, 0.6) is 11.6 Å². The second-order valence-corrected chi connectivity index (χ2v) is 6.17. The van der Waals surface area contributed by atoms with Crippen LogP contribution in [0.1, 0.15) is 5.56 Å². The molecular formula is C21H19FN4O2. The van der Waals surface area contributed by atoms with E-state index in [0.29, 0.717) is 35.1 Å². The summed E-state index contributed by atoms with van der Waals surface area (Å²) in [7, 11) is 3.19. The van der Waals surface area contributed by atoms with Crippen LogP contribution in [0.3, 0.4) is 0 Å². The van der Waals surface area contributed by atoms with E-state index in [9.17, 15) is 4.39 Å². The molecule has 0 aliphatic rings. The monoisotopic (exact) mass is 378 g/mol. The zero-order chi connectivity index (χ0) is 19.5. The molecule has 142 valence electrons. The highest BCUT2D eigenvalue weighted by molar-refractivity contribution is 5.69. The molecule has 0 aliphatic carbocycles. The maximum atomic E-state index is 13.6.